The van der Waals surface area contributed by atoms with Crippen molar-refractivity contribution in [2.75, 3.05) is 12.4 Å². The molecule has 0 amide bonds. The molecular weight excluding hydrogens is 275 g/mol. The first-order chi connectivity index (χ1) is 10.0. The van der Waals surface area contributed by atoms with Gasteiger partial charge in [-0.25, -0.2) is 9.18 Å². The number of hydrogen-bond donors (Lipinski definition) is 1. The largest absolute Gasteiger partial charge is 0.463 e. The average molecular weight is 288 g/mol. The lowest BCUT2D eigenvalue weighted by Gasteiger charge is -2.14. The number of ether oxygens (including phenoxy) is 1. The van der Waals surface area contributed by atoms with E-state index < -0.39 is 11.8 Å². The minimum atomic E-state index is -0.562. The number of esters is 1. The molecule has 1 heterocycles. The fourth-order valence-corrected chi connectivity index (χ4v) is 1.84. The molecule has 0 aliphatic carbocycles. The number of carbonyl (C=O) groups is 1. The van der Waals surface area contributed by atoms with Crippen LogP contribution in [0.3, 0.4) is 0 Å². The number of anilines is 1. The molecule has 0 spiro atoms. The molecule has 0 saturated carbocycles. The van der Waals surface area contributed by atoms with E-state index in [-0.39, 0.29) is 17.4 Å². The van der Waals surface area contributed by atoms with Gasteiger partial charge in [-0.3, -0.25) is 0 Å². The number of rotatable bonds is 4. The molecule has 1 atom stereocenters. The van der Waals surface area contributed by atoms with Crippen molar-refractivity contribution in [3.05, 3.63) is 53.2 Å². The molecule has 0 aliphatic rings. The van der Waals surface area contributed by atoms with Crippen LogP contribution in [-0.2, 0) is 4.74 Å². The predicted molar refractivity (Wildman–Crippen MR) is 73.2 cm³/mol. The number of carbonyl (C=O) groups excluding carboxylic acids is 1. The Kier molecular flexibility index (Phi) is 4.24. The van der Waals surface area contributed by atoms with E-state index in [0.29, 0.717) is 11.4 Å². The summed E-state index contributed by atoms with van der Waals surface area (Å²) in [5.74, 6) is -0.437. The molecule has 2 aromatic rings. The van der Waals surface area contributed by atoms with Gasteiger partial charge in [-0.1, -0.05) is 0 Å². The second kappa shape index (κ2) is 6.09. The van der Waals surface area contributed by atoms with E-state index in [1.807, 2.05) is 6.07 Å². The van der Waals surface area contributed by atoms with Gasteiger partial charge in [0.2, 0.25) is 5.76 Å². The van der Waals surface area contributed by atoms with Crippen molar-refractivity contribution in [1.82, 2.24) is 0 Å². The lowest BCUT2D eigenvalue weighted by Crippen LogP contribution is -2.07. The van der Waals surface area contributed by atoms with Crippen molar-refractivity contribution in [3.8, 4) is 6.07 Å². The Bertz CT molecular complexity index is 703. The van der Waals surface area contributed by atoms with Gasteiger partial charge in [0, 0.05) is 0 Å². The van der Waals surface area contributed by atoms with E-state index in [4.69, 9.17) is 9.68 Å². The third-order valence-electron chi connectivity index (χ3n) is 2.91. The summed E-state index contributed by atoms with van der Waals surface area (Å²) >= 11 is 0. The van der Waals surface area contributed by atoms with E-state index in [2.05, 4.69) is 10.1 Å². The maximum Gasteiger partial charge on any atom is 0.373 e. The van der Waals surface area contributed by atoms with Gasteiger partial charge in [-0.05, 0) is 37.3 Å². The first-order valence-electron chi connectivity index (χ1n) is 6.19. The third-order valence-corrected chi connectivity index (χ3v) is 2.91. The van der Waals surface area contributed by atoms with Crippen LogP contribution in [0.2, 0.25) is 0 Å². The van der Waals surface area contributed by atoms with Crippen molar-refractivity contribution in [3.63, 3.8) is 0 Å². The highest BCUT2D eigenvalue weighted by Crippen LogP contribution is 2.24. The normalized spacial score (nSPS) is 11.5. The molecular formula is C15H13FN2O3. The summed E-state index contributed by atoms with van der Waals surface area (Å²) in [7, 11) is 1.27. The molecule has 0 aliphatic heterocycles. The fraction of sp³-hybridized carbons (Fsp3) is 0.200. The molecule has 1 unspecified atom stereocenters. The van der Waals surface area contributed by atoms with Gasteiger partial charge in [0.1, 0.15) is 17.6 Å². The number of furan rings is 1. The van der Waals surface area contributed by atoms with Crippen LogP contribution < -0.4 is 5.32 Å². The molecule has 2 rings (SSSR count). The minimum Gasteiger partial charge on any atom is -0.463 e. The number of hydrogen-bond acceptors (Lipinski definition) is 5. The predicted octanol–water partition coefficient (Wildman–Crippen LogP) is 3.25. The molecule has 21 heavy (non-hydrogen) atoms. The van der Waals surface area contributed by atoms with E-state index in [0.717, 1.165) is 6.07 Å². The van der Waals surface area contributed by atoms with E-state index in [1.165, 1.54) is 25.3 Å². The summed E-state index contributed by atoms with van der Waals surface area (Å²) in [5, 5.41) is 12.0. The van der Waals surface area contributed by atoms with Crippen LogP contribution in [0.1, 0.15) is 34.8 Å². The van der Waals surface area contributed by atoms with Crippen LogP contribution in [-0.4, -0.2) is 13.1 Å². The number of nitrogens with zero attached hydrogens (tertiary/aromatic N) is 1. The Morgan fingerprint density at radius 1 is 1.43 bits per heavy atom. The Morgan fingerprint density at radius 2 is 2.19 bits per heavy atom. The molecule has 0 fully saturated rings. The lowest BCUT2D eigenvalue weighted by molar-refractivity contribution is 0.0562. The van der Waals surface area contributed by atoms with E-state index in [1.54, 1.807) is 13.0 Å². The lowest BCUT2D eigenvalue weighted by atomic mass is 10.1. The molecule has 0 saturated heterocycles. The number of nitrogens with one attached hydrogen (secondary N) is 1. The average Bonchev–Trinajstić information content (AvgIpc) is 2.98. The zero-order valence-electron chi connectivity index (χ0n) is 11.5. The smallest absolute Gasteiger partial charge is 0.373 e. The SMILES string of the molecule is COC(=O)c1ccc(C(C)Nc2ccc(F)cc2C#N)o1. The van der Waals surface area contributed by atoms with Crippen molar-refractivity contribution >= 4 is 11.7 Å². The Labute approximate surface area is 120 Å². The number of nitriles is 1. The van der Waals surface area contributed by atoms with Gasteiger partial charge in [0.25, 0.3) is 0 Å². The van der Waals surface area contributed by atoms with E-state index in [9.17, 15) is 9.18 Å². The van der Waals surface area contributed by atoms with Crippen LogP contribution in [0.5, 0.6) is 0 Å². The third kappa shape index (κ3) is 3.20. The van der Waals surface area contributed by atoms with Gasteiger partial charge >= 0.3 is 5.97 Å². The summed E-state index contributed by atoms with van der Waals surface area (Å²) < 4.78 is 23.0. The molecule has 0 radical (unpaired) electrons. The number of halogens is 1. The quantitative estimate of drug-likeness (QED) is 0.874. The highest BCUT2D eigenvalue weighted by atomic mass is 19.1. The first-order valence-corrected chi connectivity index (χ1v) is 6.19. The highest BCUT2D eigenvalue weighted by Gasteiger charge is 2.16. The summed E-state index contributed by atoms with van der Waals surface area (Å²) in [6.45, 7) is 1.80. The van der Waals surface area contributed by atoms with Gasteiger partial charge in [0.15, 0.2) is 0 Å². The Hall–Kier alpha value is -2.81. The van der Waals surface area contributed by atoms with Crippen LogP contribution >= 0.6 is 0 Å². The monoisotopic (exact) mass is 288 g/mol. The maximum absolute atomic E-state index is 13.1. The summed E-state index contributed by atoms with van der Waals surface area (Å²) in [5.41, 5.74) is 0.684. The van der Waals surface area contributed by atoms with Crippen molar-refractivity contribution in [2.24, 2.45) is 0 Å². The van der Waals surface area contributed by atoms with Crippen LogP contribution in [0, 0.1) is 17.1 Å². The van der Waals surface area contributed by atoms with Crippen LogP contribution in [0.25, 0.3) is 0 Å². The topological polar surface area (TPSA) is 75.3 Å². The number of benzene rings is 1. The molecule has 108 valence electrons. The Morgan fingerprint density at radius 3 is 2.86 bits per heavy atom. The Balaban J connectivity index is 2.18. The second-order valence-electron chi connectivity index (χ2n) is 4.36. The van der Waals surface area contributed by atoms with Crippen molar-refractivity contribution in [1.29, 1.82) is 5.26 Å². The van der Waals surface area contributed by atoms with Crippen molar-refractivity contribution < 1.29 is 18.3 Å². The van der Waals surface area contributed by atoms with Crippen LogP contribution in [0.4, 0.5) is 10.1 Å². The molecule has 6 heteroatoms. The minimum absolute atomic E-state index is 0.0979. The standard InChI is InChI=1S/C15H13FN2O3/c1-9(13-5-6-14(21-13)15(19)20-2)18-12-4-3-11(16)7-10(12)8-17/h3-7,9,18H,1-2H3. The van der Waals surface area contributed by atoms with Crippen LogP contribution in [0.15, 0.2) is 34.7 Å². The summed E-state index contributed by atoms with van der Waals surface area (Å²) in [4.78, 5) is 11.3. The molecule has 1 aromatic carbocycles. The molecule has 1 N–H and O–H groups in total. The van der Waals surface area contributed by atoms with Gasteiger partial charge in [-0.15, -0.1) is 0 Å². The zero-order valence-corrected chi connectivity index (χ0v) is 11.5. The first kappa shape index (κ1) is 14.6. The van der Waals surface area contributed by atoms with Gasteiger partial charge in [-0.2, -0.15) is 5.26 Å². The number of methoxy groups -OCH3 is 1. The fourth-order valence-electron chi connectivity index (χ4n) is 1.84. The second-order valence-corrected chi connectivity index (χ2v) is 4.36. The summed E-state index contributed by atoms with van der Waals surface area (Å²) in [6.07, 6.45) is 0. The van der Waals surface area contributed by atoms with Gasteiger partial charge in [0.05, 0.1) is 24.4 Å². The van der Waals surface area contributed by atoms with Gasteiger partial charge < -0.3 is 14.5 Å². The molecule has 0 bridgehead atoms. The molecule has 1 aromatic heterocycles. The molecule has 5 nitrogen and oxygen atoms in total. The summed E-state index contributed by atoms with van der Waals surface area (Å²) in [6, 6.07) is 8.65. The maximum atomic E-state index is 13.1. The highest BCUT2D eigenvalue weighted by molar-refractivity contribution is 5.86. The van der Waals surface area contributed by atoms with E-state index >= 15 is 0 Å². The van der Waals surface area contributed by atoms with Crippen molar-refractivity contribution in [2.45, 2.75) is 13.0 Å². The zero-order chi connectivity index (χ0) is 15.4.